The van der Waals surface area contributed by atoms with Crippen LogP contribution in [0.4, 0.5) is 0 Å². The Hall–Kier alpha value is -1.45. The number of aromatic nitrogens is 1. The minimum absolute atomic E-state index is 0.0459. The lowest BCUT2D eigenvalue weighted by atomic mass is 9.88. The molecule has 94 valence electrons. The van der Waals surface area contributed by atoms with E-state index in [0.717, 1.165) is 31.6 Å². The van der Waals surface area contributed by atoms with E-state index in [0.29, 0.717) is 0 Å². The zero-order chi connectivity index (χ0) is 12.6. The maximum atomic E-state index is 6.18. The van der Waals surface area contributed by atoms with E-state index in [1.54, 1.807) is 0 Å². The average Bonchev–Trinajstić information content (AvgIpc) is 2.36. The standard InChI is InChI=1S/C15H19N3/c1-2-15(16)10-18(11-15)9-12-7-13-5-3-4-6-14(13)17-8-12/h3-8H,2,9-11,16H2,1H3. The Labute approximate surface area is 108 Å². The van der Waals surface area contributed by atoms with E-state index in [4.69, 9.17) is 5.73 Å². The molecular formula is C15H19N3. The summed E-state index contributed by atoms with van der Waals surface area (Å²) in [6.07, 6.45) is 3.03. The number of rotatable bonds is 3. The third-order valence-corrected chi connectivity index (χ3v) is 3.83. The minimum atomic E-state index is 0.0459. The fraction of sp³-hybridized carbons (Fsp3) is 0.400. The highest BCUT2D eigenvalue weighted by molar-refractivity contribution is 5.78. The number of benzene rings is 1. The molecule has 0 radical (unpaired) electrons. The summed E-state index contributed by atoms with van der Waals surface area (Å²) in [5.74, 6) is 0. The zero-order valence-electron chi connectivity index (χ0n) is 10.8. The number of pyridine rings is 1. The molecule has 18 heavy (non-hydrogen) atoms. The number of nitrogens with two attached hydrogens (primary N) is 1. The van der Waals surface area contributed by atoms with Gasteiger partial charge in [-0.15, -0.1) is 0 Å². The van der Waals surface area contributed by atoms with E-state index in [-0.39, 0.29) is 5.54 Å². The van der Waals surface area contributed by atoms with Gasteiger partial charge in [0.25, 0.3) is 0 Å². The molecule has 0 spiro atoms. The van der Waals surface area contributed by atoms with Crippen molar-refractivity contribution in [3.8, 4) is 0 Å². The van der Waals surface area contributed by atoms with Crippen LogP contribution in [0.15, 0.2) is 36.5 Å². The van der Waals surface area contributed by atoms with Crippen LogP contribution in [0.1, 0.15) is 18.9 Å². The minimum Gasteiger partial charge on any atom is -0.323 e. The number of nitrogens with zero attached hydrogens (tertiary/aromatic N) is 2. The first-order chi connectivity index (χ1) is 8.68. The first kappa shape index (κ1) is 11.6. The van der Waals surface area contributed by atoms with Crippen LogP contribution in [-0.2, 0) is 6.54 Å². The van der Waals surface area contributed by atoms with Gasteiger partial charge in [0.15, 0.2) is 0 Å². The second-order valence-corrected chi connectivity index (χ2v) is 5.40. The number of fused-ring (bicyclic) bond motifs is 1. The Morgan fingerprint density at radius 2 is 2.11 bits per heavy atom. The van der Waals surface area contributed by atoms with Gasteiger partial charge in [-0.1, -0.05) is 25.1 Å². The summed E-state index contributed by atoms with van der Waals surface area (Å²) < 4.78 is 0. The maximum absolute atomic E-state index is 6.18. The molecule has 2 aromatic rings. The molecule has 0 amide bonds. The molecular weight excluding hydrogens is 222 g/mol. The quantitative estimate of drug-likeness (QED) is 0.895. The van der Waals surface area contributed by atoms with E-state index in [1.807, 2.05) is 18.3 Å². The van der Waals surface area contributed by atoms with Gasteiger partial charge in [0, 0.05) is 36.8 Å². The molecule has 0 atom stereocenters. The van der Waals surface area contributed by atoms with Crippen molar-refractivity contribution in [2.75, 3.05) is 13.1 Å². The van der Waals surface area contributed by atoms with E-state index >= 15 is 0 Å². The van der Waals surface area contributed by atoms with E-state index in [1.165, 1.54) is 10.9 Å². The van der Waals surface area contributed by atoms with E-state index < -0.39 is 0 Å². The fourth-order valence-electron chi connectivity index (χ4n) is 2.64. The van der Waals surface area contributed by atoms with Crippen molar-refractivity contribution in [3.05, 3.63) is 42.1 Å². The summed E-state index contributed by atoms with van der Waals surface area (Å²) in [6.45, 7) is 5.11. The highest BCUT2D eigenvalue weighted by Crippen LogP contribution is 2.24. The average molecular weight is 241 g/mol. The smallest absolute Gasteiger partial charge is 0.0702 e. The lowest BCUT2D eigenvalue weighted by Gasteiger charge is -2.47. The summed E-state index contributed by atoms with van der Waals surface area (Å²) in [5.41, 5.74) is 8.56. The summed E-state index contributed by atoms with van der Waals surface area (Å²) in [5, 5.41) is 1.21. The molecule has 0 aliphatic carbocycles. The molecule has 0 bridgehead atoms. The lowest BCUT2D eigenvalue weighted by molar-refractivity contribution is 0.0606. The van der Waals surface area contributed by atoms with E-state index in [2.05, 4.69) is 35.0 Å². The normalized spacial score (nSPS) is 18.8. The third-order valence-electron chi connectivity index (χ3n) is 3.83. The molecule has 2 N–H and O–H groups in total. The van der Waals surface area contributed by atoms with Crippen molar-refractivity contribution in [3.63, 3.8) is 0 Å². The number of hydrogen-bond donors (Lipinski definition) is 1. The van der Waals surface area contributed by atoms with Gasteiger partial charge in [-0.05, 0) is 24.1 Å². The second-order valence-electron chi connectivity index (χ2n) is 5.40. The summed E-state index contributed by atoms with van der Waals surface area (Å²) in [7, 11) is 0. The summed E-state index contributed by atoms with van der Waals surface area (Å²) in [6, 6.07) is 10.5. The van der Waals surface area contributed by atoms with Crippen LogP contribution in [0.2, 0.25) is 0 Å². The van der Waals surface area contributed by atoms with Gasteiger partial charge in [-0.3, -0.25) is 9.88 Å². The Kier molecular flexibility index (Phi) is 2.80. The second kappa shape index (κ2) is 4.34. The third kappa shape index (κ3) is 2.11. The molecule has 2 heterocycles. The number of para-hydroxylation sites is 1. The van der Waals surface area contributed by atoms with Crippen molar-refractivity contribution in [2.24, 2.45) is 5.73 Å². The van der Waals surface area contributed by atoms with Gasteiger partial charge >= 0.3 is 0 Å². The molecule has 0 saturated carbocycles. The van der Waals surface area contributed by atoms with Crippen LogP contribution in [-0.4, -0.2) is 28.5 Å². The first-order valence-corrected chi connectivity index (χ1v) is 6.53. The predicted molar refractivity (Wildman–Crippen MR) is 74.2 cm³/mol. The monoisotopic (exact) mass is 241 g/mol. The first-order valence-electron chi connectivity index (χ1n) is 6.53. The molecule has 1 fully saturated rings. The van der Waals surface area contributed by atoms with Crippen LogP contribution in [0.25, 0.3) is 10.9 Å². The molecule has 1 aliphatic heterocycles. The zero-order valence-corrected chi connectivity index (χ0v) is 10.8. The summed E-state index contributed by atoms with van der Waals surface area (Å²) >= 11 is 0. The van der Waals surface area contributed by atoms with Gasteiger partial charge in [0.05, 0.1) is 5.52 Å². The molecule has 1 aliphatic rings. The van der Waals surface area contributed by atoms with Gasteiger partial charge < -0.3 is 5.73 Å². The van der Waals surface area contributed by atoms with Gasteiger partial charge in [0.1, 0.15) is 0 Å². The highest BCUT2D eigenvalue weighted by atomic mass is 15.2. The molecule has 3 nitrogen and oxygen atoms in total. The van der Waals surface area contributed by atoms with Crippen LogP contribution in [0.5, 0.6) is 0 Å². The summed E-state index contributed by atoms with van der Waals surface area (Å²) in [4.78, 5) is 6.88. The largest absolute Gasteiger partial charge is 0.323 e. The van der Waals surface area contributed by atoms with Crippen LogP contribution in [0.3, 0.4) is 0 Å². The Bertz CT molecular complexity index is 558. The molecule has 3 rings (SSSR count). The Morgan fingerprint density at radius 1 is 1.33 bits per heavy atom. The SMILES string of the molecule is CCC1(N)CN(Cc2cnc3ccccc3c2)C1. The topological polar surface area (TPSA) is 42.1 Å². The van der Waals surface area contributed by atoms with Crippen molar-refractivity contribution in [1.82, 2.24) is 9.88 Å². The van der Waals surface area contributed by atoms with Crippen molar-refractivity contribution >= 4 is 10.9 Å². The van der Waals surface area contributed by atoms with Gasteiger partial charge in [-0.2, -0.15) is 0 Å². The predicted octanol–water partition coefficient (Wildman–Crippen LogP) is 2.16. The lowest BCUT2D eigenvalue weighted by Crippen LogP contribution is -2.66. The van der Waals surface area contributed by atoms with Crippen LogP contribution < -0.4 is 5.73 Å². The molecule has 1 saturated heterocycles. The molecule has 1 aromatic carbocycles. The van der Waals surface area contributed by atoms with Crippen molar-refractivity contribution < 1.29 is 0 Å². The Balaban J connectivity index is 1.72. The molecule has 1 aromatic heterocycles. The number of hydrogen-bond acceptors (Lipinski definition) is 3. The highest BCUT2D eigenvalue weighted by Gasteiger charge is 2.37. The van der Waals surface area contributed by atoms with Crippen molar-refractivity contribution in [2.45, 2.75) is 25.4 Å². The Morgan fingerprint density at radius 3 is 2.89 bits per heavy atom. The van der Waals surface area contributed by atoms with Crippen molar-refractivity contribution in [1.29, 1.82) is 0 Å². The van der Waals surface area contributed by atoms with Gasteiger partial charge in [0.2, 0.25) is 0 Å². The number of likely N-dealkylation sites (tertiary alicyclic amines) is 1. The van der Waals surface area contributed by atoms with Crippen LogP contribution >= 0.6 is 0 Å². The van der Waals surface area contributed by atoms with E-state index in [9.17, 15) is 0 Å². The maximum Gasteiger partial charge on any atom is 0.0702 e. The molecule has 3 heteroatoms. The van der Waals surface area contributed by atoms with Crippen LogP contribution in [0, 0.1) is 0 Å². The van der Waals surface area contributed by atoms with Gasteiger partial charge in [-0.25, -0.2) is 0 Å². The fourth-order valence-corrected chi connectivity index (χ4v) is 2.64. The molecule has 0 unspecified atom stereocenters.